The predicted octanol–water partition coefficient (Wildman–Crippen LogP) is 7.67. The van der Waals surface area contributed by atoms with Gasteiger partial charge >= 0.3 is 0 Å². The third-order valence-corrected chi connectivity index (χ3v) is 7.59. The van der Waals surface area contributed by atoms with Gasteiger partial charge in [0.15, 0.2) is 0 Å². The predicted molar refractivity (Wildman–Crippen MR) is 117 cm³/mol. The average molecular weight is 432 g/mol. The van der Waals surface area contributed by atoms with Gasteiger partial charge in [0, 0.05) is 17.0 Å². The Morgan fingerprint density at radius 2 is 1.48 bits per heavy atom. The smallest absolute Gasteiger partial charge is 0.258 e. The molecule has 1 rings (SSSR count). The van der Waals surface area contributed by atoms with E-state index in [2.05, 4.69) is 36.7 Å². The summed E-state index contributed by atoms with van der Waals surface area (Å²) in [6.45, 7) is 8.68. The zero-order valence-electron chi connectivity index (χ0n) is 16.4. The van der Waals surface area contributed by atoms with Crippen LogP contribution in [0.3, 0.4) is 0 Å². The van der Waals surface area contributed by atoms with E-state index in [0.29, 0.717) is 13.5 Å². The Hall–Kier alpha value is -0.470. The Morgan fingerprint density at radius 1 is 1.00 bits per heavy atom. The normalized spacial score (nSPS) is 10.5. The van der Waals surface area contributed by atoms with Crippen LogP contribution in [0.2, 0.25) is 0 Å². The fraction of sp³-hybridized carbons (Fsp3) is 0.700. The molecular weight excluding hydrogens is 397 g/mol. The molecule has 0 saturated heterocycles. The lowest BCUT2D eigenvalue weighted by Gasteiger charge is -2.16. The summed E-state index contributed by atoms with van der Waals surface area (Å²) in [5, 5.41) is 11.1. The molecule has 0 unspecified atom stereocenters. The van der Waals surface area contributed by atoms with Crippen molar-refractivity contribution in [1.82, 2.24) is 0 Å². The SMILES string of the molecule is CCCCP(CCCC)CCCC.Cc1cc(CBr)ccc1[N+](=O)[O-]. The lowest BCUT2D eigenvalue weighted by Crippen LogP contribution is -1.95. The summed E-state index contributed by atoms with van der Waals surface area (Å²) < 4.78 is 0. The third kappa shape index (κ3) is 11.7. The van der Waals surface area contributed by atoms with Gasteiger partial charge in [0.05, 0.1) is 4.92 Å². The number of unbranched alkanes of at least 4 members (excludes halogenated alkanes) is 3. The van der Waals surface area contributed by atoms with Crippen molar-refractivity contribution in [2.75, 3.05) is 18.5 Å². The van der Waals surface area contributed by atoms with Gasteiger partial charge in [-0.25, -0.2) is 0 Å². The van der Waals surface area contributed by atoms with Crippen LogP contribution >= 0.6 is 23.9 Å². The van der Waals surface area contributed by atoms with Crippen LogP contribution in [0.15, 0.2) is 18.2 Å². The van der Waals surface area contributed by atoms with Crippen LogP contribution in [-0.4, -0.2) is 23.4 Å². The molecule has 0 bridgehead atoms. The lowest BCUT2D eigenvalue weighted by atomic mass is 10.1. The molecule has 0 atom stereocenters. The molecule has 0 radical (unpaired) electrons. The summed E-state index contributed by atoms with van der Waals surface area (Å²) in [6.07, 6.45) is 13.2. The molecule has 5 heteroatoms. The van der Waals surface area contributed by atoms with Crippen LogP contribution in [0, 0.1) is 17.0 Å². The van der Waals surface area contributed by atoms with Crippen molar-refractivity contribution in [2.24, 2.45) is 0 Å². The first-order valence-electron chi connectivity index (χ1n) is 9.52. The summed E-state index contributed by atoms with van der Waals surface area (Å²) in [4.78, 5) is 10.0. The average Bonchev–Trinajstić information content (AvgIpc) is 2.61. The van der Waals surface area contributed by atoms with E-state index in [1.54, 1.807) is 31.5 Å². The fourth-order valence-corrected chi connectivity index (χ4v) is 5.80. The van der Waals surface area contributed by atoms with Crippen LogP contribution in [0.5, 0.6) is 0 Å². The first-order valence-corrected chi connectivity index (χ1v) is 12.5. The molecule has 0 N–H and O–H groups in total. The van der Waals surface area contributed by atoms with Crippen molar-refractivity contribution >= 4 is 29.5 Å². The summed E-state index contributed by atoms with van der Waals surface area (Å²) in [5.74, 6) is 0. The van der Waals surface area contributed by atoms with E-state index in [1.165, 1.54) is 44.6 Å². The van der Waals surface area contributed by atoms with Crippen molar-refractivity contribution in [1.29, 1.82) is 0 Å². The standard InChI is InChI=1S/C12H27P.C8H8BrNO2/c1-4-7-10-13(11-8-5-2)12-9-6-3;1-6-4-7(5-9)2-3-8(6)10(11)12/h4-12H2,1-3H3;2-4H,5H2,1H3. The Labute approximate surface area is 164 Å². The molecule has 0 saturated carbocycles. The fourth-order valence-electron chi connectivity index (χ4n) is 2.49. The molecule has 1 aromatic rings. The van der Waals surface area contributed by atoms with Gasteiger partial charge in [-0.15, -0.1) is 7.92 Å². The maximum Gasteiger partial charge on any atom is 0.272 e. The largest absolute Gasteiger partial charge is 0.272 e. The number of alkyl halides is 1. The summed E-state index contributed by atoms with van der Waals surface area (Å²) in [6, 6.07) is 5.10. The Kier molecular flexibility index (Phi) is 15.5. The number of halogens is 1. The molecule has 0 aliphatic carbocycles. The molecular formula is C20H35BrNO2P. The highest BCUT2D eigenvalue weighted by molar-refractivity contribution is 9.08. The van der Waals surface area contributed by atoms with Crippen LogP contribution in [0.4, 0.5) is 5.69 Å². The van der Waals surface area contributed by atoms with Crippen LogP contribution in [0.1, 0.15) is 70.4 Å². The third-order valence-electron chi connectivity index (χ3n) is 4.10. The van der Waals surface area contributed by atoms with Gasteiger partial charge in [0.2, 0.25) is 0 Å². The first-order chi connectivity index (χ1) is 12.0. The van der Waals surface area contributed by atoms with E-state index in [4.69, 9.17) is 0 Å². The molecule has 25 heavy (non-hydrogen) atoms. The number of nitrogens with zero attached hydrogens (tertiary/aromatic N) is 1. The minimum atomic E-state index is -0.368. The van der Waals surface area contributed by atoms with Gasteiger partial charge in [-0.1, -0.05) is 62.0 Å². The number of rotatable bonds is 11. The molecule has 0 aliphatic heterocycles. The van der Waals surface area contributed by atoms with Gasteiger partial charge < -0.3 is 0 Å². The Bertz CT molecular complexity index is 464. The van der Waals surface area contributed by atoms with Gasteiger partial charge in [0.1, 0.15) is 0 Å². The summed E-state index contributed by atoms with van der Waals surface area (Å²) in [5.41, 5.74) is 1.94. The molecule has 0 aromatic heterocycles. The van der Waals surface area contributed by atoms with Gasteiger partial charge in [0.25, 0.3) is 5.69 Å². The second-order valence-electron chi connectivity index (χ2n) is 6.41. The number of hydrogen-bond donors (Lipinski definition) is 0. The Balaban J connectivity index is 0.000000462. The molecule has 0 fully saturated rings. The zero-order chi connectivity index (χ0) is 19.1. The van der Waals surface area contributed by atoms with Gasteiger partial charge in [-0.2, -0.15) is 0 Å². The van der Waals surface area contributed by atoms with E-state index >= 15 is 0 Å². The highest BCUT2D eigenvalue weighted by Crippen LogP contribution is 2.38. The molecule has 144 valence electrons. The van der Waals surface area contributed by atoms with Crippen molar-refractivity contribution in [3.63, 3.8) is 0 Å². The molecule has 1 aromatic carbocycles. The Morgan fingerprint density at radius 3 is 1.80 bits per heavy atom. The monoisotopic (exact) mass is 431 g/mol. The van der Waals surface area contributed by atoms with Gasteiger partial charge in [-0.05, 0) is 56.3 Å². The van der Waals surface area contributed by atoms with Crippen molar-refractivity contribution in [3.8, 4) is 0 Å². The minimum Gasteiger partial charge on any atom is -0.258 e. The van der Waals surface area contributed by atoms with Crippen LogP contribution in [0.25, 0.3) is 0 Å². The maximum absolute atomic E-state index is 10.4. The second-order valence-corrected chi connectivity index (χ2v) is 9.66. The van der Waals surface area contributed by atoms with E-state index in [1.807, 2.05) is 6.07 Å². The molecule has 0 heterocycles. The maximum atomic E-state index is 10.4. The molecule has 0 amide bonds. The second kappa shape index (κ2) is 15.8. The zero-order valence-corrected chi connectivity index (χ0v) is 18.9. The van der Waals surface area contributed by atoms with Crippen LogP contribution < -0.4 is 0 Å². The van der Waals surface area contributed by atoms with Crippen molar-refractivity contribution in [2.45, 2.75) is 71.5 Å². The minimum absolute atomic E-state index is 0.180. The topological polar surface area (TPSA) is 43.1 Å². The molecule has 0 spiro atoms. The molecule has 0 aliphatic rings. The van der Waals surface area contributed by atoms with E-state index in [0.717, 1.165) is 10.9 Å². The lowest BCUT2D eigenvalue weighted by molar-refractivity contribution is -0.385. The highest BCUT2D eigenvalue weighted by Gasteiger charge is 2.09. The number of benzene rings is 1. The summed E-state index contributed by atoms with van der Waals surface area (Å²) >= 11 is 3.28. The number of hydrogen-bond acceptors (Lipinski definition) is 2. The van der Waals surface area contributed by atoms with Crippen molar-refractivity contribution < 1.29 is 4.92 Å². The van der Waals surface area contributed by atoms with E-state index < -0.39 is 0 Å². The first kappa shape index (κ1) is 24.5. The summed E-state index contributed by atoms with van der Waals surface area (Å²) in [7, 11) is 0.422. The molecule has 3 nitrogen and oxygen atoms in total. The van der Waals surface area contributed by atoms with Crippen molar-refractivity contribution in [3.05, 3.63) is 39.4 Å². The number of nitro groups is 1. The van der Waals surface area contributed by atoms with E-state index in [-0.39, 0.29) is 10.6 Å². The number of nitro benzene ring substituents is 1. The van der Waals surface area contributed by atoms with Gasteiger partial charge in [-0.3, -0.25) is 10.1 Å². The number of aryl methyl sites for hydroxylation is 1. The highest BCUT2D eigenvalue weighted by atomic mass is 79.9. The quantitative estimate of drug-likeness (QED) is 0.156. The van der Waals surface area contributed by atoms with E-state index in [9.17, 15) is 10.1 Å². The van der Waals surface area contributed by atoms with Crippen LogP contribution in [-0.2, 0) is 5.33 Å².